The molecule has 1 aliphatic rings. The quantitative estimate of drug-likeness (QED) is 0.357. The van der Waals surface area contributed by atoms with E-state index in [9.17, 15) is 14.7 Å². The second-order valence-electron chi connectivity index (χ2n) is 8.04. The number of quaternary nitrogens is 1. The summed E-state index contributed by atoms with van der Waals surface area (Å²) in [6.45, 7) is 3.14. The van der Waals surface area contributed by atoms with Crippen molar-refractivity contribution in [2.45, 2.75) is 19.4 Å². The molecule has 2 N–H and O–H groups in total. The number of halogens is 1. The van der Waals surface area contributed by atoms with Gasteiger partial charge in [-0.2, -0.15) is 0 Å². The molecule has 164 valence electrons. The summed E-state index contributed by atoms with van der Waals surface area (Å²) in [4.78, 5) is 28.9. The first-order valence-electron chi connectivity index (χ1n) is 10.2. The highest BCUT2D eigenvalue weighted by Gasteiger charge is 2.45. The summed E-state index contributed by atoms with van der Waals surface area (Å²) >= 11 is 3.43. The first-order chi connectivity index (χ1) is 14.7. The summed E-state index contributed by atoms with van der Waals surface area (Å²) in [6, 6.07) is 12.1. The molecule has 1 amide bonds. The Bertz CT molecular complexity index is 1010. The van der Waals surface area contributed by atoms with E-state index in [-0.39, 0.29) is 11.3 Å². The van der Waals surface area contributed by atoms with E-state index in [2.05, 4.69) is 15.9 Å². The number of likely N-dealkylation sites (tertiary alicyclic amines) is 1. The van der Waals surface area contributed by atoms with Crippen molar-refractivity contribution in [3.63, 3.8) is 0 Å². The van der Waals surface area contributed by atoms with Gasteiger partial charge in [-0.15, -0.1) is 0 Å². The van der Waals surface area contributed by atoms with Crippen molar-refractivity contribution in [1.29, 1.82) is 0 Å². The number of aliphatic hydroxyl groups is 1. The molecule has 1 heterocycles. The smallest absolute Gasteiger partial charge is 0.295 e. The zero-order chi connectivity index (χ0) is 22.7. The molecular formula is C24H28BrN2O4+. The molecule has 2 aromatic carbocycles. The van der Waals surface area contributed by atoms with Gasteiger partial charge < -0.3 is 19.6 Å². The van der Waals surface area contributed by atoms with Crippen molar-refractivity contribution in [3.8, 4) is 5.75 Å². The minimum Gasteiger partial charge on any atom is -0.507 e. The minimum absolute atomic E-state index is 0.123. The predicted molar refractivity (Wildman–Crippen MR) is 123 cm³/mol. The van der Waals surface area contributed by atoms with Gasteiger partial charge in [0.25, 0.3) is 11.7 Å². The van der Waals surface area contributed by atoms with Crippen LogP contribution in [0.5, 0.6) is 5.75 Å². The Morgan fingerprint density at radius 3 is 2.42 bits per heavy atom. The van der Waals surface area contributed by atoms with Crippen molar-refractivity contribution in [1.82, 2.24) is 4.90 Å². The molecule has 1 fully saturated rings. The fourth-order valence-corrected chi connectivity index (χ4v) is 4.14. The second kappa shape index (κ2) is 9.66. The van der Waals surface area contributed by atoms with Gasteiger partial charge in [-0.05, 0) is 48.4 Å². The second-order valence-corrected chi connectivity index (χ2v) is 8.95. The van der Waals surface area contributed by atoms with Gasteiger partial charge in [0.2, 0.25) is 0 Å². The summed E-state index contributed by atoms with van der Waals surface area (Å²) in [5, 5.41) is 11.2. The molecule has 31 heavy (non-hydrogen) atoms. The van der Waals surface area contributed by atoms with Crippen molar-refractivity contribution in [3.05, 3.63) is 69.2 Å². The SMILES string of the molecule is COc1ccc(C(O)=C2C(=O)C(=O)N(CCC[NH+](C)C)C2c2ccc(Br)cc2)c(C)c1. The Balaban J connectivity index is 2.11. The molecule has 3 rings (SSSR count). The number of methoxy groups -OCH3 is 1. The van der Waals surface area contributed by atoms with Crippen LogP contribution in [0.25, 0.3) is 5.76 Å². The summed E-state index contributed by atoms with van der Waals surface area (Å²) in [6.07, 6.45) is 0.754. The molecule has 1 atom stereocenters. The number of rotatable bonds is 7. The topological polar surface area (TPSA) is 71.3 Å². The number of hydrogen-bond acceptors (Lipinski definition) is 4. The van der Waals surface area contributed by atoms with E-state index >= 15 is 0 Å². The van der Waals surface area contributed by atoms with Crippen LogP contribution in [0.4, 0.5) is 0 Å². The largest absolute Gasteiger partial charge is 0.507 e. The molecule has 0 aromatic heterocycles. The van der Waals surface area contributed by atoms with Crippen LogP contribution in [0.15, 0.2) is 52.5 Å². The van der Waals surface area contributed by atoms with Crippen LogP contribution in [0, 0.1) is 6.92 Å². The molecular weight excluding hydrogens is 460 g/mol. The van der Waals surface area contributed by atoms with Gasteiger partial charge in [0.05, 0.1) is 39.4 Å². The summed E-state index contributed by atoms with van der Waals surface area (Å²) in [7, 11) is 5.67. The number of nitrogens with zero attached hydrogens (tertiary/aromatic N) is 1. The average molecular weight is 488 g/mol. The van der Waals surface area contributed by atoms with E-state index in [0.29, 0.717) is 17.9 Å². The third-order valence-corrected chi connectivity index (χ3v) is 6.02. The number of benzene rings is 2. The molecule has 0 saturated carbocycles. The fraction of sp³-hybridized carbons (Fsp3) is 0.333. The van der Waals surface area contributed by atoms with Gasteiger partial charge in [-0.3, -0.25) is 9.59 Å². The van der Waals surface area contributed by atoms with E-state index in [1.165, 1.54) is 4.90 Å². The van der Waals surface area contributed by atoms with Crippen LogP contribution in [-0.2, 0) is 9.59 Å². The van der Waals surface area contributed by atoms with Gasteiger partial charge in [-0.25, -0.2) is 0 Å². The number of carbonyl (C=O) groups is 2. The summed E-state index contributed by atoms with van der Waals surface area (Å²) < 4.78 is 6.14. The van der Waals surface area contributed by atoms with E-state index in [1.54, 1.807) is 30.2 Å². The Labute approximate surface area is 191 Å². The van der Waals surface area contributed by atoms with E-state index in [1.807, 2.05) is 45.3 Å². The van der Waals surface area contributed by atoms with Crippen LogP contribution in [0.1, 0.15) is 29.2 Å². The number of aryl methyl sites for hydroxylation is 1. The van der Waals surface area contributed by atoms with E-state index in [0.717, 1.165) is 28.6 Å². The highest BCUT2D eigenvalue weighted by atomic mass is 79.9. The van der Waals surface area contributed by atoms with Gasteiger partial charge in [0.15, 0.2) is 0 Å². The van der Waals surface area contributed by atoms with Crippen LogP contribution in [-0.4, -0.2) is 56.0 Å². The van der Waals surface area contributed by atoms with Crippen molar-refractivity contribution < 1.29 is 24.3 Å². The monoisotopic (exact) mass is 487 g/mol. The minimum atomic E-state index is -0.655. The fourth-order valence-electron chi connectivity index (χ4n) is 3.88. The number of amides is 1. The molecule has 6 nitrogen and oxygen atoms in total. The molecule has 1 unspecified atom stereocenters. The van der Waals surface area contributed by atoms with Crippen molar-refractivity contribution in [2.75, 3.05) is 34.3 Å². The average Bonchev–Trinajstić information content (AvgIpc) is 2.98. The van der Waals surface area contributed by atoms with Gasteiger partial charge >= 0.3 is 0 Å². The lowest BCUT2D eigenvalue weighted by molar-refractivity contribution is -0.858. The highest BCUT2D eigenvalue weighted by Crippen LogP contribution is 2.40. The Morgan fingerprint density at radius 2 is 1.84 bits per heavy atom. The van der Waals surface area contributed by atoms with Crippen LogP contribution < -0.4 is 9.64 Å². The third-order valence-electron chi connectivity index (χ3n) is 5.49. The number of carbonyl (C=O) groups excluding carboxylic acids is 2. The molecule has 7 heteroatoms. The molecule has 1 saturated heterocycles. The number of Topliss-reactive ketones (excluding diaryl/α,β-unsaturated/α-hetero) is 1. The molecule has 0 aliphatic carbocycles. The molecule has 0 spiro atoms. The van der Waals surface area contributed by atoms with E-state index in [4.69, 9.17) is 4.74 Å². The van der Waals surface area contributed by atoms with E-state index < -0.39 is 17.7 Å². The lowest BCUT2D eigenvalue weighted by Crippen LogP contribution is -3.05. The first kappa shape index (κ1) is 23.0. The van der Waals surface area contributed by atoms with Crippen LogP contribution >= 0.6 is 15.9 Å². The lowest BCUT2D eigenvalue weighted by atomic mass is 9.94. The maximum Gasteiger partial charge on any atom is 0.295 e. The number of ketones is 1. The summed E-state index contributed by atoms with van der Waals surface area (Å²) in [5.41, 5.74) is 2.18. The van der Waals surface area contributed by atoms with Crippen LogP contribution in [0.3, 0.4) is 0 Å². The molecule has 2 aromatic rings. The number of nitrogens with one attached hydrogen (secondary N) is 1. The molecule has 1 aliphatic heterocycles. The Morgan fingerprint density at radius 1 is 1.16 bits per heavy atom. The van der Waals surface area contributed by atoms with Gasteiger partial charge in [0.1, 0.15) is 11.5 Å². The first-order valence-corrected chi connectivity index (χ1v) is 11.0. The van der Waals surface area contributed by atoms with Crippen LogP contribution in [0.2, 0.25) is 0 Å². The number of hydrogen-bond donors (Lipinski definition) is 2. The number of aliphatic hydroxyl groups excluding tert-OH is 1. The highest BCUT2D eigenvalue weighted by molar-refractivity contribution is 9.10. The zero-order valence-electron chi connectivity index (χ0n) is 18.2. The normalized spacial score (nSPS) is 18.1. The third kappa shape index (κ3) is 4.83. The Kier molecular flexibility index (Phi) is 7.18. The Hall–Kier alpha value is -2.64. The maximum absolute atomic E-state index is 13.1. The van der Waals surface area contributed by atoms with Gasteiger partial charge in [0, 0.05) is 23.0 Å². The standard InChI is InChI=1S/C24H27BrN2O4/c1-15-14-18(31-4)10-11-19(15)22(28)20-21(16-6-8-17(25)9-7-16)27(24(30)23(20)29)13-5-12-26(2)3/h6-11,14,21,28H,5,12-13H2,1-4H3/p+1. The lowest BCUT2D eigenvalue weighted by Gasteiger charge is -2.25. The number of ether oxygens (including phenoxy) is 1. The maximum atomic E-state index is 13.1. The molecule has 0 radical (unpaired) electrons. The molecule has 0 bridgehead atoms. The van der Waals surface area contributed by atoms with Crippen molar-refractivity contribution >= 4 is 33.4 Å². The summed E-state index contributed by atoms with van der Waals surface area (Å²) in [5.74, 6) is -0.732. The van der Waals surface area contributed by atoms with Crippen molar-refractivity contribution in [2.24, 2.45) is 0 Å². The predicted octanol–water partition coefficient (Wildman–Crippen LogP) is 2.72. The zero-order valence-corrected chi connectivity index (χ0v) is 19.8. The van der Waals surface area contributed by atoms with Gasteiger partial charge in [-0.1, -0.05) is 28.1 Å².